The van der Waals surface area contributed by atoms with Crippen molar-refractivity contribution in [3.8, 4) is 0 Å². The first-order valence-corrected chi connectivity index (χ1v) is 7.37. The molecule has 0 bridgehead atoms. The van der Waals surface area contributed by atoms with Crippen molar-refractivity contribution in [1.82, 2.24) is 9.78 Å². The van der Waals surface area contributed by atoms with E-state index in [1.807, 2.05) is 0 Å². The van der Waals surface area contributed by atoms with Crippen molar-refractivity contribution < 1.29 is 22.3 Å². The van der Waals surface area contributed by atoms with Gasteiger partial charge in [-0.1, -0.05) is 23.2 Å². The first-order chi connectivity index (χ1) is 10.7. The average Bonchev–Trinajstić information content (AvgIpc) is 2.97. The molecular weight excluding hydrogens is 359 g/mol. The van der Waals surface area contributed by atoms with Crippen LogP contribution in [0.4, 0.5) is 17.6 Å². The Morgan fingerprint density at radius 3 is 2.70 bits per heavy atom. The van der Waals surface area contributed by atoms with Crippen molar-refractivity contribution in [3.63, 3.8) is 0 Å². The van der Waals surface area contributed by atoms with Gasteiger partial charge in [-0.3, -0.25) is 4.68 Å². The molecule has 0 aromatic carbocycles. The molecular formula is C14H10Cl2F4N2O. The molecule has 2 heterocycles. The largest absolute Gasteiger partial charge is 0.493 e. The summed E-state index contributed by atoms with van der Waals surface area (Å²) in [5.74, 6) is -0.614. The molecule has 1 fully saturated rings. The summed E-state index contributed by atoms with van der Waals surface area (Å²) in [5, 5.41) is 3.15. The number of aryl methyl sites for hydroxylation is 1. The Morgan fingerprint density at radius 2 is 2.13 bits per heavy atom. The Bertz CT molecular complexity index is 762. The van der Waals surface area contributed by atoms with Crippen LogP contribution >= 0.6 is 23.2 Å². The summed E-state index contributed by atoms with van der Waals surface area (Å²) in [6, 6.07) is 0. The van der Waals surface area contributed by atoms with Gasteiger partial charge in [0, 0.05) is 30.1 Å². The minimum absolute atomic E-state index is 0.0105. The fourth-order valence-electron chi connectivity index (χ4n) is 2.75. The van der Waals surface area contributed by atoms with Gasteiger partial charge in [-0.05, 0) is 12.0 Å². The zero-order chi connectivity index (χ0) is 16.9. The molecule has 9 heteroatoms. The van der Waals surface area contributed by atoms with Crippen molar-refractivity contribution in [1.29, 1.82) is 0 Å². The van der Waals surface area contributed by atoms with Crippen LogP contribution in [0.2, 0.25) is 5.02 Å². The molecule has 124 valence electrons. The number of ether oxygens (including phenoxy) is 1. The highest BCUT2D eigenvalue weighted by Gasteiger charge is 2.41. The van der Waals surface area contributed by atoms with E-state index in [0.29, 0.717) is 10.4 Å². The van der Waals surface area contributed by atoms with Crippen molar-refractivity contribution >= 4 is 28.8 Å². The molecule has 0 amide bonds. The third-order valence-electron chi connectivity index (χ3n) is 3.85. The molecule has 1 unspecified atom stereocenters. The van der Waals surface area contributed by atoms with Crippen LogP contribution in [0.5, 0.6) is 0 Å². The predicted octanol–water partition coefficient (Wildman–Crippen LogP) is 4.83. The van der Waals surface area contributed by atoms with E-state index in [9.17, 15) is 17.6 Å². The Labute approximate surface area is 138 Å². The van der Waals surface area contributed by atoms with Gasteiger partial charge in [0.1, 0.15) is 23.9 Å². The molecule has 0 radical (unpaired) electrons. The van der Waals surface area contributed by atoms with E-state index in [0.717, 1.165) is 18.7 Å². The average molecular weight is 369 g/mol. The Hall–Kier alpha value is -1.47. The van der Waals surface area contributed by atoms with Crippen LogP contribution in [-0.4, -0.2) is 16.4 Å². The van der Waals surface area contributed by atoms with Gasteiger partial charge in [0.2, 0.25) is 0 Å². The summed E-state index contributed by atoms with van der Waals surface area (Å²) < 4.78 is 59.3. The molecule has 1 aromatic rings. The smallest absolute Gasteiger partial charge is 0.434 e. The lowest BCUT2D eigenvalue weighted by Gasteiger charge is -2.18. The molecule has 3 rings (SSSR count). The third-order valence-corrected chi connectivity index (χ3v) is 4.48. The molecule has 1 aromatic heterocycles. The third kappa shape index (κ3) is 2.65. The maximum atomic E-state index is 14.3. The number of nitrogens with zero attached hydrogens (tertiary/aromatic N) is 2. The van der Waals surface area contributed by atoms with Gasteiger partial charge < -0.3 is 4.74 Å². The van der Waals surface area contributed by atoms with Crippen molar-refractivity contribution in [3.05, 3.63) is 45.2 Å². The Kier molecular flexibility index (Phi) is 3.96. The summed E-state index contributed by atoms with van der Waals surface area (Å²) in [6.07, 6.45) is -3.44. The summed E-state index contributed by atoms with van der Waals surface area (Å²) in [4.78, 5) is 0. The highest BCUT2D eigenvalue weighted by molar-refractivity contribution is 6.33. The molecule has 23 heavy (non-hydrogen) atoms. The number of hydrogen-bond acceptors (Lipinski definition) is 2. The van der Waals surface area contributed by atoms with Crippen LogP contribution in [0.3, 0.4) is 0 Å². The SMILES string of the molecule is Cn1nc(C2=C(F)C=C3OCC(=CCl)C3C2)c(Cl)c1C(F)(F)F. The van der Waals surface area contributed by atoms with E-state index < -0.39 is 22.7 Å². The lowest BCUT2D eigenvalue weighted by molar-refractivity contribution is -0.143. The molecule has 0 N–H and O–H groups in total. The quantitative estimate of drug-likeness (QED) is 0.663. The number of fused-ring (bicyclic) bond motifs is 1. The van der Waals surface area contributed by atoms with Crippen molar-refractivity contribution in [2.75, 3.05) is 6.61 Å². The van der Waals surface area contributed by atoms with E-state index in [1.54, 1.807) is 0 Å². The molecule has 1 aliphatic carbocycles. The van der Waals surface area contributed by atoms with Gasteiger partial charge in [-0.25, -0.2) is 4.39 Å². The van der Waals surface area contributed by atoms with Crippen LogP contribution in [0.25, 0.3) is 5.57 Å². The minimum atomic E-state index is -4.68. The summed E-state index contributed by atoms with van der Waals surface area (Å²) in [7, 11) is 1.11. The first-order valence-electron chi connectivity index (χ1n) is 6.56. The maximum absolute atomic E-state index is 14.3. The standard InChI is InChI=1S/C14H10Cl2F4N2O/c1-22-13(14(18,19)20)11(16)12(21-22)8-2-7-6(4-15)5-23-10(7)3-9(8)17/h3-4,7H,2,5H2,1H3. The van der Waals surface area contributed by atoms with E-state index in [4.69, 9.17) is 27.9 Å². The highest BCUT2D eigenvalue weighted by atomic mass is 35.5. The molecule has 2 aliphatic rings. The minimum Gasteiger partial charge on any atom is -0.493 e. The van der Waals surface area contributed by atoms with E-state index in [1.165, 1.54) is 5.54 Å². The van der Waals surface area contributed by atoms with E-state index in [-0.39, 0.29) is 30.2 Å². The number of rotatable bonds is 1. The van der Waals surface area contributed by atoms with Crippen LogP contribution < -0.4 is 0 Å². The lowest BCUT2D eigenvalue weighted by Crippen LogP contribution is -2.12. The Balaban J connectivity index is 2.08. The summed E-state index contributed by atoms with van der Waals surface area (Å²) in [6.45, 7) is 0.226. The number of allylic oxidation sites excluding steroid dienone is 4. The molecule has 0 spiro atoms. The topological polar surface area (TPSA) is 27.1 Å². The van der Waals surface area contributed by atoms with Crippen molar-refractivity contribution in [2.45, 2.75) is 12.6 Å². The van der Waals surface area contributed by atoms with Gasteiger partial charge in [0.25, 0.3) is 0 Å². The molecule has 3 nitrogen and oxygen atoms in total. The van der Waals surface area contributed by atoms with Gasteiger partial charge in [0.05, 0.1) is 5.02 Å². The lowest BCUT2D eigenvalue weighted by atomic mass is 9.87. The van der Waals surface area contributed by atoms with E-state index >= 15 is 0 Å². The fourth-order valence-corrected chi connectivity index (χ4v) is 3.35. The maximum Gasteiger partial charge on any atom is 0.434 e. The molecule has 1 aliphatic heterocycles. The molecule has 0 saturated carbocycles. The van der Waals surface area contributed by atoms with Crippen molar-refractivity contribution in [2.24, 2.45) is 13.0 Å². The second-order valence-electron chi connectivity index (χ2n) is 5.24. The van der Waals surface area contributed by atoms with Crippen LogP contribution in [0.15, 0.2) is 28.8 Å². The van der Waals surface area contributed by atoms with Crippen LogP contribution in [0, 0.1) is 5.92 Å². The zero-order valence-electron chi connectivity index (χ0n) is 11.7. The molecule has 1 saturated heterocycles. The highest BCUT2D eigenvalue weighted by Crippen LogP contribution is 2.46. The second-order valence-corrected chi connectivity index (χ2v) is 5.83. The predicted molar refractivity (Wildman–Crippen MR) is 77.3 cm³/mol. The number of hydrogen-bond donors (Lipinski definition) is 0. The van der Waals surface area contributed by atoms with Gasteiger partial charge in [0.15, 0.2) is 5.69 Å². The van der Waals surface area contributed by atoms with Crippen LogP contribution in [-0.2, 0) is 18.0 Å². The fraction of sp³-hybridized carbons (Fsp3) is 0.357. The number of halogens is 6. The van der Waals surface area contributed by atoms with Gasteiger partial charge >= 0.3 is 6.18 Å². The number of aromatic nitrogens is 2. The summed E-state index contributed by atoms with van der Waals surface area (Å²) >= 11 is 11.5. The van der Waals surface area contributed by atoms with Crippen LogP contribution in [0.1, 0.15) is 17.8 Å². The monoisotopic (exact) mass is 368 g/mol. The molecule has 1 atom stereocenters. The zero-order valence-corrected chi connectivity index (χ0v) is 13.2. The first kappa shape index (κ1) is 16.4. The summed E-state index contributed by atoms with van der Waals surface area (Å²) in [5.41, 5.74) is 0.755. The Morgan fingerprint density at radius 1 is 1.43 bits per heavy atom. The van der Waals surface area contributed by atoms with Gasteiger partial charge in [-0.2, -0.15) is 18.3 Å². The normalized spacial score (nSPS) is 23.2. The van der Waals surface area contributed by atoms with Gasteiger partial charge in [-0.15, -0.1) is 0 Å². The second kappa shape index (κ2) is 5.56. The van der Waals surface area contributed by atoms with E-state index in [2.05, 4.69) is 5.10 Å². The number of alkyl halides is 3.